The van der Waals surface area contributed by atoms with Crippen molar-refractivity contribution in [3.05, 3.63) is 48.0 Å². The van der Waals surface area contributed by atoms with Gasteiger partial charge in [0.25, 0.3) is 0 Å². The SMILES string of the molecule is O=C(NCC1CCC2(CCN(Cc3cccc4ccccc34)CC2)O1)C1CCOCC1. The van der Waals surface area contributed by atoms with Gasteiger partial charge in [-0.3, -0.25) is 9.69 Å². The van der Waals surface area contributed by atoms with Gasteiger partial charge >= 0.3 is 0 Å². The Morgan fingerprint density at radius 1 is 1.00 bits per heavy atom. The molecular weight excluding hydrogens is 388 g/mol. The average molecular weight is 423 g/mol. The van der Waals surface area contributed by atoms with E-state index in [1.54, 1.807) is 0 Å². The number of likely N-dealkylation sites (tertiary alicyclic amines) is 1. The third-order valence-electron chi connectivity index (χ3n) is 7.48. The Labute approximate surface area is 185 Å². The zero-order valence-corrected chi connectivity index (χ0v) is 18.4. The largest absolute Gasteiger partial charge is 0.381 e. The summed E-state index contributed by atoms with van der Waals surface area (Å²) in [7, 11) is 0. The van der Waals surface area contributed by atoms with E-state index in [-0.39, 0.29) is 23.5 Å². The van der Waals surface area contributed by atoms with Crippen LogP contribution in [0, 0.1) is 5.92 Å². The standard InChI is InChI=1S/C26H34N2O3/c29-25(21-9-16-30-17-10-21)27-18-23-8-11-26(31-23)12-14-28(15-13-26)19-22-6-3-5-20-4-1-2-7-24(20)22/h1-7,21,23H,8-19H2,(H,27,29). The summed E-state index contributed by atoms with van der Waals surface area (Å²) < 4.78 is 11.9. The molecule has 3 heterocycles. The van der Waals surface area contributed by atoms with Gasteiger partial charge in [0.2, 0.25) is 5.91 Å². The predicted molar refractivity (Wildman–Crippen MR) is 122 cm³/mol. The number of rotatable bonds is 5. The number of carbonyl (C=O) groups is 1. The molecule has 3 fully saturated rings. The van der Waals surface area contributed by atoms with Crippen LogP contribution in [0.5, 0.6) is 0 Å². The van der Waals surface area contributed by atoms with Crippen molar-refractivity contribution >= 4 is 16.7 Å². The van der Waals surface area contributed by atoms with Gasteiger partial charge in [0.1, 0.15) is 0 Å². The molecule has 166 valence electrons. The van der Waals surface area contributed by atoms with Crippen LogP contribution in [-0.4, -0.2) is 55.4 Å². The molecule has 0 saturated carbocycles. The van der Waals surface area contributed by atoms with Crippen LogP contribution in [0.25, 0.3) is 10.8 Å². The summed E-state index contributed by atoms with van der Waals surface area (Å²) in [5.41, 5.74) is 1.43. The molecule has 3 saturated heterocycles. The minimum absolute atomic E-state index is 0.0172. The Hall–Kier alpha value is -1.95. The third-order valence-corrected chi connectivity index (χ3v) is 7.48. The summed E-state index contributed by atoms with van der Waals surface area (Å²) in [5, 5.41) is 5.83. The second kappa shape index (κ2) is 9.27. The number of hydrogen-bond acceptors (Lipinski definition) is 4. The number of amides is 1. The van der Waals surface area contributed by atoms with Crippen molar-refractivity contribution in [3.63, 3.8) is 0 Å². The number of nitrogens with zero attached hydrogens (tertiary/aromatic N) is 1. The van der Waals surface area contributed by atoms with E-state index in [2.05, 4.69) is 52.7 Å². The number of benzene rings is 2. The van der Waals surface area contributed by atoms with Crippen LogP contribution in [0.2, 0.25) is 0 Å². The molecule has 1 N–H and O–H groups in total. The van der Waals surface area contributed by atoms with Crippen LogP contribution >= 0.6 is 0 Å². The van der Waals surface area contributed by atoms with Gasteiger partial charge in [-0.2, -0.15) is 0 Å². The zero-order valence-electron chi connectivity index (χ0n) is 18.4. The van der Waals surface area contributed by atoms with Crippen LogP contribution < -0.4 is 5.32 Å². The van der Waals surface area contributed by atoms with Crippen molar-refractivity contribution in [1.29, 1.82) is 0 Å². The molecule has 0 radical (unpaired) electrons. The topological polar surface area (TPSA) is 50.8 Å². The van der Waals surface area contributed by atoms with Gasteiger partial charge in [-0.1, -0.05) is 42.5 Å². The smallest absolute Gasteiger partial charge is 0.223 e. The molecule has 1 atom stereocenters. The van der Waals surface area contributed by atoms with E-state index < -0.39 is 0 Å². The maximum Gasteiger partial charge on any atom is 0.223 e. The lowest BCUT2D eigenvalue weighted by Crippen LogP contribution is -2.45. The van der Waals surface area contributed by atoms with Gasteiger partial charge in [-0.05, 0) is 54.9 Å². The average Bonchev–Trinajstić information content (AvgIpc) is 3.22. The van der Waals surface area contributed by atoms with Gasteiger partial charge in [0, 0.05) is 45.3 Å². The molecule has 1 spiro atoms. The molecule has 2 aromatic carbocycles. The first-order chi connectivity index (χ1) is 15.2. The summed E-state index contributed by atoms with van der Waals surface area (Å²) in [5.74, 6) is 0.291. The van der Waals surface area contributed by atoms with Crippen molar-refractivity contribution in [2.45, 2.75) is 56.8 Å². The minimum atomic E-state index is 0.0172. The lowest BCUT2D eigenvalue weighted by molar-refractivity contribution is -0.129. The van der Waals surface area contributed by atoms with Crippen LogP contribution in [0.15, 0.2) is 42.5 Å². The second-order valence-corrected chi connectivity index (χ2v) is 9.51. The molecule has 0 bridgehead atoms. The summed E-state index contributed by atoms with van der Waals surface area (Å²) in [6.07, 6.45) is 6.18. The van der Waals surface area contributed by atoms with E-state index in [1.807, 2.05) is 0 Å². The summed E-state index contributed by atoms with van der Waals surface area (Å²) in [4.78, 5) is 15.0. The molecule has 5 rings (SSSR count). The molecular formula is C26H34N2O3. The van der Waals surface area contributed by atoms with E-state index in [9.17, 15) is 4.79 Å². The molecule has 3 aliphatic heterocycles. The fourth-order valence-corrected chi connectivity index (χ4v) is 5.52. The number of hydrogen-bond donors (Lipinski definition) is 1. The molecule has 31 heavy (non-hydrogen) atoms. The molecule has 0 aliphatic carbocycles. The molecule has 2 aromatic rings. The van der Waals surface area contributed by atoms with E-state index in [0.29, 0.717) is 19.8 Å². The minimum Gasteiger partial charge on any atom is -0.381 e. The normalized spacial score (nSPS) is 24.6. The molecule has 5 nitrogen and oxygen atoms in total. The van der Waals surface area contributed by atoms with Crippen molar-refractivity contribution in [2.75, 3.05) is 32.8 Å². The monoisotopic (exact) mass is 422 g/mol. The summed E-state index contributed by atoms with van der Waals surface area (Å²) in [6.45, 7) is 5.21. The highest BCUT2D eigenvalue weighted by atomic mass is 16.5. The number of carbonyl (C=O) groups excluding carboxylic acids is 1. The Kier molecular flexibility index (Phi) is 6.26. The second-order valence-electron chi connectivity index (χ2n) is 9.51. The van der Waals surface area contributed by atoms with Gasteiger partial charge in [0.05, 0.1) is 11.7 Å². The first-order valence-corrected chi connectivity index (χ1v) is 11.9. The van der Waals surface area contributed by atoms with Crippen molar-refractivity contribution < 1.29 is 14.3 Å². The van der Waals surface area contributed by atoms with Crippen molar-refractivity contribution in [2.24, 2.45) is 5.92 Å². The fraction of sp³-hybridized carbons (Fsp3) is 0.577. The van der Waals surface area contributed by atoms with Gasteiger partial charge in [-0.15, -0.1) is 0 Å². The van der Waals surface area contributed by atoms with Gasteiger partial charge < -0.3 is 14.8 Å². The molecule has 3 aliphatic rings. The van der Waals surface area contributed by atoms with E-state index in [1.165, 1.54) is 16.3 Å². The summed E-state index contributed by atoms with van der Waals surface area (Å²) in [6, 6.07) is 15.3. The van der Waals surface area contributed by atoms with E-state index >= 15 is 0 Å². The Bertz CT molecular complexity index is 895. The van der Waals surface area contributed by atoms with Crippen LogP contribution in [-0.2, 0) is 20.8 Å². The maximum absolute atomic E-state index is 12.4. The van der Waals surface area contributed by atoms with Gasteiger partial charge in [-0.25, -0.2) is 0 Å². The number of fused-ring (bicyclic) bond motifs is 1. The number of piperidine rings is 1. The highest BCUT2D eigenvalue weighted by molar-refractivity contribution is 5.85. The lowest BCUT2D eigenvalue weighted by atomic mass is 9.88. The number of ether oxygens (including phenoxy) is 2. The van der Waals surface area contributed by atoms with Crippen molar-refractivity contribution in [3.8, 4) is 0 Å². The molecule has 1 unspecified atom stereocenters. The highest BCUT2D eigenvalue weighted by Gasteiger charge is 2.42. The van der Waals surface area contributed by atoms with Crippen LogP contribution in [0.3, 0.4) is 0 Å². The Balaban J connectivity index is 1.10. The lowest BCUT2D eigenvalue weighted by Gasteiger charge is -2.39. The highest BCUT2D eigenvalue weighted by Crippen LogP contribution is 2.39. The maximum atomic E-state index is 12.4. The quantitative estimate of drug-likeness (QED) is 0.794. The molecule has 1 amide bonds. The van der Waals surface area contributed by atoms with Gasteiger partial charge in [0.15, 0.2) is 0 Å². The first kappa shape index (κ1) is 20.9. The van der Waals surface area contributed by atoms with Crippen LogP contribution in [0.4, 0.5) is 0 Å². The first-order valence-electron chi connectivity index (χ1n) is 11.9. The molecule has 5 heteroatoms. The third kappa shape index (κ3) is 4.79. The van der Waals surface area contributed by atoms with Crippen LogP contribution in [0.1, 0.15) is 44.1 Å². The Morgan fingerprint density at radius 2 is 1.77 bits per heavy atom. The van der Waals surface area contributed by atoms with Crippen molar-refractivity contribution in [1.82, 2.24) is 10.2 Å². The molecule has 0 aromatic heterocycles. The summed E-state index contributed by atoms with van der Waals surface area (Å²) >= 11 is 0. The van der Waals surface area contributed by atoms with E-state index in [4.69, 9.17) is 9.47 Å². The number of nitrogens with one attached hydrogen (secondary N) is 1. The predicted octanol–water partition coefficient (Wildman–Crippen LogP) is 3.90. The Morgan fingerprint density at radius 3 is 2.61 bits per heavy atom. The fourth-order valence-electron chi connectivity index (χ4n) is 5.52. The van der Waals surface area contributed by atoms with E-state index in [0.717, 1.165) is 58.2 Å². The zero-order chi connectivity index (χ0) is 21.1.